The van der Waals surface area contributed by atoms with Crippen LogP contribution in [-0.4, -0.2) is 6.29 Å². The van der Waals surface area contributed by atoms with E-state index in [9.17, 15) is 4.79 Å². The first-order chi connectivity index (χ1) is 5.81. The number of nitrogens with one attached hydrogen (secondary N) is 1. The zero-order valence-electron chi connectivity index (χ0n) is 6.38. The quantitative estimate of drug-likeness (QED) is 0.324. The van der Waals surface area contributed by atoms with Crippen molar-refractivity contribution in [3.8, 4) is 0 Å². The third kappa shape index (κ3) is 1.75. The molecule has 4 heteroatoms. The number of nitrogens with two attached hydrogens (primary N) is 1. The average Bonchev–Trinajstić information content (AvgIpc) is 2.16. The summed E-state index contributed by atoms with van der Waals surface area (Å²) < 4.78 is 0. The number of aldehydes is 1. The van der Waals surface area contributed by atoms with E-state index in [1.54, 1.807) is 18.2 Å². The minimum absolute atomic E-state index is 0.374. The first kappa shape index (κ1) is 9.03. The molecule has 3 N–H and O–H groups in total. The first-order valence-corrected chi connectivity index (χ1v) is 3.96. The van der Waals surface area contributed by atoms with Crippen LogP contribution in [0, 0.1) is 0 Å². The zero-order valence-corrected chi connectivity index (χ0v) is 7.14. The number of rotatable bonds is 3. The Kier molecular flexibility index (Phi) is 3.08. The van der Waals surface area contributed by atoms with Crippen molar-refractivity contribution >= 4 is 23.6 Å². The van der Waals surface area contributed by atoms with Crippen molar-refractivity contribution in [3.63, 3.8) is 0 Å². The van der Waals surface area contributed by atoms with Gasteiger partial charge in [-0.15, -0.1) is 11.6 Å². The molecule has 0 unspecified atom stereocenters. The summed E-state index contributed by atoms with van der Waals surface area (Å²) >= 11 is 5.62. The van der Waals surface area contributed by atoms with Crippen molar-refractivity contribution in [1.82, 2.24) is 0 Å². The van der Waals surface area contributed by atoms with Gasteiger partial charge in [0.25, 0.3) is 0 Å². The standard InChI is InChI=1S/C8H9ClN2O/c9-4-7-2-1-6(5-12)3-8(7)11-10/h1-3,5,11H,4,10H2. The van der Waals surface area contributed by atoms with Gasteiger partial charge in [0.2, 0.25) is 0 Å². The van der Waals surface area contributed by atoms with Crippen LogP contribution in [0.15, 0.2) is 18.2 Å². The minimum Gasteiger partial charge on any atom is -0.324 e. The summed E-state index contributed by atoms with van der Waals surface area (Å²) in [6, 6.07) is 5.13. The van der Waals surface area contributed by atoms with E-state index in [1.165, 1.54) is 0 Å². The van der Waals surface area contributed by atoms with Crippen LogP contribution < -0.4 is 11.3 Å². The number of benzene rings is 1. The Morgan fingerprint density at radius 3 is 2.83 bits per heavy atom. The number of halogens is 1. The lowest BCUT2D eigenvalue weighted by Gasteiger charge is -2.05. The topological polar surface area (TPSA) is 55.1 Å². The van der Waals surface area contributed by atoms with Gasteiger partial charge in [0.1, 0.15) is 6.29 Å². The Balaban J connectivity index is 3.10. The molecule has 0 heterocycles. The number of alkyl halides is 1. The summed E-state index contributed by atoms with van der Waals surface area (Å²) in [7, 11) is 0. The maximum Gasteiger partial charge on any atom is 0.150 e. The highest BCUT2D eigenvalue weighted by Crippen LogP contribution is 2.17. The van der Waals surface area contributed by atoms with E-state index in [-0.39, 0.29) is 0 Å². The molecule has 64 valence electrons. The van der Waals surface area contributed by atoms with Crippen molar-refractivity contribution < 1.29 is 4.79 Å². The molecule has 1 rings (SSSR count). The van der Waals surface area contributed by atoms with E-state index in [2.05, 4.69) is 5.43 Å². The van der Waals surface area contributed by atoms with Crippen molar-refractivity contribution in [2.45, 2.75) is 5.88 Å². The maximum absolute atomic E-state index is 10.4. The molecule has 1 aromatic rings. The summed E-state index contributed by atoms with van der Waals surface area (Å²) in [5.74, 6) is 5.60. The third-order valence-electron chi connectivity index (χ3n) is 1.57. The highest BCUT2D eigenvalue weighted by Gasteiger charge is 2.00. The molecule has 0 atom stereocenters. The van der Waals surface area contributed by atoms with Gasteiger partial charge in [-0.05, 0) is 11.6 Å². The largest absolute Gasteiger partial charge is 0.324 e. The Hall–Kier alpha value is -1.06. The molecule has 0 amide bonds. The Bertz CT molecular complexity index is 288. The van der Waals surface area contributed by atoms with Gasteiger partial charge in [-0.3, -0.25) is 10.6 Å². The van der Waals surface area contributed by atoms with Gasteiger partial charge in [0.15, 0.2) is 0 Å². The van der Waals surface area contributed by atoms with Crippen LogP contribution in [0.1, 0.15) is 15.9 Å². The van der Waals surface area contributed by atoms with Crippen LogP contribution in [0.25, 0.3) is 0 Å². The number of anilines is 1. The molecule has 0 spiro atoms. The number of hydrogen-bond acceptors (Lipinski definition) is 3. The fraction of sp³-hybridized carbons (Fsp3) is 0.125. The molecule has 0 aliphatic carbocycles. The molecule has 3 nitrogen and oxygen atoms in total. The molecule has 0 radical (unpaired) electrons. The first-order valence-electron chi connectivity index (χ1n) is 3.42. The van der Waals surface area contributed by atoms with Gasteiger partial charge in [0, 0.05) is 11.4 Å². The predicted molar refractivity (Wildman–Crippen MR) is 49.2 cm³/mol. The normalized spacial score (nSPS) is 9.50. The second-order valence-electron chi connectivity index (χ2n) is 2.31. The van der Waals surface area contributed by atoms with Crippen LogP contribution in [0.5, 0.6) is 0 Å². The Morgan fingerprint density at radius 1 is 1.58 bits per heavy atom. The highest BCUT2D eigenvalue weighted by atomic mass is 35.5. The monoisotopic (exact) mass is 184 g/mol. The molecule has 0 aliphatic rings. The van der Waals surface area contributed by atoms with Gasteiger partial charge in [-0.1, -0.05) is 12.1 Å². The molecule has 0 saturated heterocycles. The molecule has 12 heavy (non-hydrogen) atoms. The molecule has 0 bridgehead atoms. The van der Waals surface area contributed by atoms with Crippen LogP contribution >= 0.6 is 11.6 Å². The summed E-state index contributed by atoms with van der Waals surface area (Å²) in [5.41, 5.74) is 4.63. The van der Waals surface area contributed by atoms with Crippen LogP contribution in [0.2, 0.25) is 0 Å². The van der Waals surface area contributed by atoms with E-state index in [0.717, 1.165) is 11.8 Å². The lowest BCUT2D eigenvalue weighted by Crippen LogP contribution is -2.09. The van der Waals surface area contributed by atoms with E-state index in [4.69, 9.17) is 17.4 Å². The van der Waals surface area contributed by atoms with Gasteiger partial charge in [0.05, 0.1) is 5.69 Å². The highest BCUT2D eigenvalue weighted by molar-refractivity contribution is 6.17. The smallest absolute Gasteiger partial charge is 0.150 e. The van der Waals surface area contributed by atoms with Crippen molar-refractivity contribution in [2.24, 2.45) is 5.84 Å². The summed E-state index contributed by atoms with van der Waals surface area (Å²) in [6.07, 6.45) is 0.763. The lowest BCUT2D eigenvalue weighted by molar-refractivity contribution is 0.112. The number of hydrazine groups is 1. The zero-order chi connectivity index (χ0) is 8.97. The maximum atomic E-state index is 10.4. The predicted octanol–water partition coefficient (Wildman–Crippen LogP) is 1.52. The van der Waals surface area contributed by atoms with Crippen molar-refractivity contribution in [2.75, 3.05) is 5.43 Å². The van der Waals surface area contributed by atoms with Crippen LogP contribution in [0.4, 0.5) is 5.69 Å². The third-order valence-corrected chi connectivity index (χ3v) is 1.86. The van der Waals surface area contributed by atoms with Crippen LogP contribution in [-0.2, 0) is 5.88 Å². The van der Waals surface area contributed by atoms with Gasteiger partial charge in [-0.25, -0.2) is 0 Å². The van der Waals surface area contributed by atoms with Crippen molar-refractivity contribution in [3.05, 3.63) is 29.3 Å². The molecule has 0 aromatic heterocycles. The van der Waals surface area contributed by atoms with Gasteiger partial charge >= 0.3 is 0 Å². The minimum atomic E-state index is 0.374. The molecular weight excluding hydrogens is 176 g/mol. The van der Waals surface area contributed by atoms with Crippen LogP contribution in [0.3, 0.4) is 0 Å². The SMILES string of the molecule is NNc1cc(C=O)ccc1CCl. The van der Waals surface area contributed by atoms with E-state index in [1.807, 2.05) is 0 Å². The number of hydrogen-bond donors (Lipinski definition) is 2. The Labute approximate surface area is 75.5 Å². The average molecular weight is 185 g/mol. The number of carbonyl (C=O) groups excluding carboxylic acids is 1. The number of carbonyl (C=O) groups is 1. The fourth-order valence-electron chi connectivity index (χ4n) is 0.918. The van der Waals surface area contributed by atoms with E-state index < -0.39 is 0 Å². The second-order valence-corrected chi connectivity index (χ2v) is 2.58. The molecular formula is C8H9ClN2O. The fourth-order valence-corrected chi connectivity index (χ4v) is 1.15. The molecule has 0 aliphatic heterocycles. The summed E-state index contributed by atoms with van der Waals surface area (Å²) in [4.78, 5) is 10.4. The van der Waals surface area contributed by atoms with Gasteiger partial charge in [-0.2, -0.15) is 0 Å². The summed E-state index contributed by atoms with van der Waals surface area (Å²) in [5, 5.41) is 0. The lowest BCUT2D eigenvalue weighted by atomic mass is 10.1. The van der Waals surface area contributed by atoms with E-state index in [0.29, 0.717) is 17.1 Å². The van der Waals surface area contributed by atoms with E-state index >= 15 is 0 Å². The van der Waals surface area contributed by atoms with Crippen molar-refractivity contribution in [1.29, 1.82) is 0 Å². The molecule has 0 saturated carbocycles. The Morgan fingerprint density at radius 2 is 2.33 bits per heavy atom. The summed E-state index contributed by atoms with van der Waals surface area (Å²) in [6.45, 7) is 0. The second kappa shape index (κ2) is 4.09. The molecule has 0 fully saturated rings. The number of nitrogen functional groups attached to an aromatic ring is 1. The van der Waals surface area contributed by atoms with Gasteiger partial charge < -0.3 is 5.43 Å². The molecule has 1 aromatic carbocycles.